The zero-order chi connectivity index (χ0) is 24.0. The number of fused-ring (bicyclic) bond motifs is 2. The van der Waals surface area contributed by atoms with Crippen LogP contribution in [0.5, 0.6) is 0 Å². The van der Waals surface area contributed by atoms with Crippen LogP contribution in [-0.4, -0.2) is 54.4 Å². The minimum Gasteiger partial charge on any atom is -0.367 e. The van der Waals surface area contributed by atoms with E-state index in [0.717, 1.165) is 19.0 Å². The predicted octanol–water partition coefficient (Wildman–Crippen LogP) is 3.57. The molecule has 0 radical (unpaired) electrons. The number of carbonyl (C=O) groups is 1. The van der Waals surface area contributed by atoms with Crippen molar-refractivity contribution in [1.29, 1.82) is 0 Å². The summed E-state index contributed by atoms with van der Waals surface area (Å²) in [4.78, 5) is 24.0. The van der Waals surface area contributed by atoms with Gasteiger partial charge in [-0.05, 0) is 42.9 Å². The lowest BCUT2D eigenvalue weighted by Crippen LogP contribution is -2.64. The van der Waals surface area contributed by atoms with E-state index in [0.29, 0.717) is 17.8 Å². The number of nitrogens with zero attached hydrogens (tertiary/aromatic N) is 6. The minimum absolute atomic E-state index is 0.000822. The van der Waals surface area contributed by atoms with Crippen molar-refractivity contribution in [3.8, 4) is 5.69 Å². The molecule has 2 aliphatic heterocycles. The van der Waals surface area contributed by atoms with Gasteiger partial charge in [0.15, 0.2) is 5.69 Å². The van der Waals surface area contributed by atoms with E-state index in [1.165, 1.54) is 35.4 Å². The number of hydrogen-bond acceptors (Lipinski definition) is 6. The van der Waals surface area contributed by atoms with Crippen LogP contribution in [-0.2, 0) is 6.18 Å². The van der Waals surface area contributed by atoms with Crippen molar-refractivity contribution in [2.75, 3.05) is 11.9 Å². The van der Waals surface area contributed by atoms with Crippen LogP contribution in [0.25, 0.3) is 5.69 Å². The van der Waals surface area contributed by atoms with Crippen LogP contribution >= 0.6 is 0 Å². The molecule has 1 amide bonds. The first kappa shape index (κ1) is 22.2. The highest BCUT2D eigenvalue weighted by molar-refractivity contribution is 5.98. The fraction of sp³-hybridized carbons (Fsp3) is 0.409. The molecule has 6 rings (SSSR count). The monoisotopic (exact) mass is 475 g/mol. The fourth-order valence-electron chi connectivity index (χ4n) is 4.83. The summed E-state index contributed by atoms with van der Waals surface area (Å²) in [5.41, 5.74) is -0.563. The van der Waals surface area contributed by atoms with E-state index in [2.05, 4.69) is 25.5 Å². The Morgan fingerprint density at radius 3 is 2.53 bits per heavy atom. The van der Waals surface area contributed by atoms with Crippen LogP contribution in [0.2, 0.25) is 0 Å². The molecule has 0 spiro atoms. The Bertz CT molecular complexity index is 1180. The van der Waals surface area contributed by atoms with Crippen molar-refractivity contribution in [3.05, 3.63) is 60.1 Å². The van der Waals surface area contributed by atoms with Crippen LogP contribution in [0, 0.1) is 17.7 Å². The molecule has 34 heavy (non-hydrogen) atoms. The van der Waals surface area contributed by atoms with Crippen LogP contribution in [0.3, 0.4) is 0 Å². The highest BCUT2D eigenvalue weighted by Crippen LogP contribution is 2.47. The smallest absolute Gasteiger partial charge is 0.367 e. The zero-order valence-corrected chi connectivity index (χ0v) is 18.1. The van der Waals surface area contributed by atoms with Crippen LogP contribution in [0.1, 0.15) is 35.8 Å². The number of alkyl halides is 3. The van der Waals surface area contributed by atoms with Gasteiger partial charge in [-0.15, -0.1) is 0 Å². The molecular formula is C22H21F4N7O. The molecule has 8 nitrogen and oxygen atoms in total. The van der Waals surface area contributed by atoms with E-state index in [9.17, 15) is 22.4 Å². The average Bonchev–Trinajstić information content (AvgIpc) is 3.31. The summed E-state index contributed by atoms with van der Waals surface area (Å²) in [5.74, 6) is -0.139. The molecule has 1 aliphatic carbocycles. The van der Waals surface area contributed by atoms with Crippen LogP contribution < -0.4 is 5.32 Å². The van der Waals surface area contributed by atoms with Crippen molar-refractivity contribution in [1.82, 2.24) is 29.9 Å². The summed E-state index contributed by atoms with van der Waals surface area (Å²) >= 11 is 0. The maximum atomic E-state index is 14.2. The quantitative estimate of drug-likeness (QED) is 0.568. The summed E-state index contributed by atoms with van der Waals surface area (Å²) in [6, 6.07) is 3.62. The largest absolute Gasteiger partial charge is 0.434 e. The predicted molar refractivity (Wildman–Crippen MR) is 112 cm³/mol. The van der Waals surface area contributed by atoms with Gasteiger partial charge in [0, 0.05) is 12.6 Å². The normalized spacial score (nSPS) is 24.0. The number of nitrogens with one attached hydrogen (secondary N) is 1. The van der Waals surface area contributed by atoms with Crippen LogP contribution in [0.15, 0.2) is 43.0 Å². The molecule has 2 atom stereocenters. The van der Waals surface area contributed by atoms with Gasteiger partial charge < -0.3 is 10.2 Å². The van der Waals surface area contributed by atoms with Crippen molar-refractivity contribution in [3.63, 3.8) is 0 Å². The number of anilines is 1. The number of hydrogen-bond donors (Lipinski definition) is 1. The Kier molecular flexibility index (Phi) is 5.45. The van der Waals surface area contributed by atoms with Gasteiger partial charge in [-0.1, -0.05) is 6.92 Å². The second kappa shape index (κ2) is 8.33. The second-order valence-corrected chi connectivity index (χ2v) is 8.67. The first-order valence-electron chi connectivity index (χ1n) is 10.8. The lowest BCUT2D eigenvalue weighted by Gasteiger charge is -2.57. The topological polar surface area (TPSA) is 88.8 Å². The molecular weight excluding hydrogens is 454 g/mol. The molecule has 3 aliphatic rings. The van der Waals surface area contributed by atoms with Gasteiger partial charge in [-0.25, -0.2) is 14.4 Å². The SMILES string of the molecule is C[C@@H]1C2CC(C2)N(C(=O)c2cc(F)ccc2-n2nccn2)C1CNc1cnc(C(F)(F)F)cn1. The van der Waals surface area contributed by atoms with E-state index in [1.807, 2.05) is 6.92 Å². The van der Waals surface area contributed by atoms with E-state index in [-0.39, 0.29) is 41.8 Å². The standard InChI is InChI=1S/C22H21F4N7O/c1-12-13-6-15(7-13)32(18(12)9-28-20-11-27-19(10-29-20)22(24,25)26)21(34)16-8-14(23)2-3-17(16)33-30-4-5-31-33/h2-5,8,10-13,15,18H,6-7,9H2,1H3,(H,28,29)/t12-,13?,15?,18?/m1/s1. The van der Waals surface area contributed by atoms with Crippen molar-refractivity contribution >= 4 is 11.7 Å². The van der Waals surface area contributed by atoms with E-state index < -0.39 is 17.7 Å². The molecule has 1 aromatic carbocycles. The Hall–Kier alpha value is -3.57. The first-order valence-corrected chi connectivity index (χ1v) is 10.8. The Labute approximate surface area is 192 Å². The van der Waals surface area contributed by atoms with Gasteiger partial charge >= 0.3 is 6.18 Å². The zero-order valence-electron chi connectivity index (χ0n) is 18.1. The van der Waals surface area contributed by atoms with Gasteiger partial charge in [0.25, 0.3) is 5.91 Å². The lowest BCUT2D eigenvalue weighted by atomic mass is 9.64. The molecule has 3 aromatic rings. The Morgan fingerprint density at radius 1 is 1.15 bits per heavy atom. The van der Waals surface area contributed by atoms with Gasteiger partial charge in [0.2, 0.25) is 0 Å². The Balaban J connectivity index is 1.40. The maximum Gasteiger partial charge on any atom is 0.434 e. The molecule has 12 heteroatoms. The third kappa shape index (κ3) is 3.97. The third-order valence-electron chi connectivity index (χ3n) is 6.74. The van der Waals surface area contributed by atoms with Gasteiger partial charge in [-0.2, -0.15) is 28.2 Å². The van der Waals surface area contributed by atoms with E-state index >= 15 is 0 Å². The number of rotatable bonds is 5. The van der Waals surface area contributed by atoms with Gasteiger partial charge in [0.1, 0.15) is 11.6 Å². The molecule has 3 fully saturated rings. The fourth-order valence-corrected chi connectivity index (χ4v) is 4.83. The summed E-state index contributed by atoms with van der Waals surface area (Å²) < 4.78 is 52.4. The van der Waals surface area contributed by atoms with Crippen molar-refractivity contribution < 1.29 is 22.4 Å². The van der Waals surface area contributed by atoms with Crippen molar-refractivity contribution in [2.45, 2.75) is 38.0 Å². The highest BCUT2D eigenvalue weighted by Gasteiger charge is 2.50. The lowest BCUT2D eigenvalue weighted by molar-refractivity contribution is -0.141. The van der Waals surface area contributed by atoms with Gasteiger partial charge in [0.05, 0.1) is 42.1 Å². The average molecular weight is 475 g/mol. The molecule has 2 aromatic heterocycles. The molecule has 4 heterocycles. The number of benzene rings is 1. The highest BCUT2D eigenvalue weighted by atomic mass is 19.4. The van der Waals surface area contributed by atoms with E-state index in [1.54, 1.807) is 4.90 Å². The van der Waals surface area contributed by atoms with Crippen LogP contribution in [0.4, 0.5) is 23.4 Å². The summed E-state index contributed by atoms with van der Waals surface area (Å²) in [7, 11) is 0. The number of amides is 1. The van der Waals surface area contributed by atoms with Gasteiger partial charge in [-0.3, -0.25) is 4.79 Å². The molecule has 2 bridgehead atoms. The number of carbonyl (C=O) groups excluding carboxylic acids is 1. The molecule has 1 N–H and O–H groups in total. The van der Waals surface area contributed by atoms with Crippen molar-refractivity contribution in [2.24, 2.45) is 11.8 Å². The molecule has 1 saturated carbocycles. The summed E-state index contributed by atoms with van der Waals surface area (Å²) in [5, 5.41) is 11.2. The molecule has 1 unspecified atom stereocenters. The minimum atomic E-state index is -4.57. The third-order valence-corrected chi connectivity index (χ3v) is 6.74. The Morgan fingerprint density at radius 2 is 1.88 bits per heavy atom. The second-order valence-electron chi connectivity index (χ2n) is 8.67. The number of aromatic nitrogens is 5. The number of halogens is 4. The molecule has 2 saturated heterocycles. The number of piperidine rings is 2. The molecule has 178 valence electrons. The van der Waals surface area contributed by atoms with E-state index in [4.69, 9.17) is 0 Å². The summed E-state index contributed by atoms with van der Waals surface area (Å²) in [6.07, 6.45) is 1.77. The first-order chi connectivity index (χ1) is 16.2. The maximum absolute atomic E-state index is 14.2. The summed E-state index contributed by atoms with van der Waals surface area (Å²) in [6.45, 7) is 2.32.